The summed E-state index contributed by atoms with van der Waals surface area (Å²) in [7, 11) is 0. The summed E-state index contributed by atoms with van der Waals surface area (Å²) in [5.41, 5.74) is -0.432. The second-order valence-corrected chi connectivity index (χ2v) is 10.7. The molecular weight excluding hydrogens is 350 g/mol. The van der Waals surface area contributed by atoms with Crippen molar-refractivity contribution in [3.63, 3.8) is 0 Å². The number of hydrogen-bond acceptors (Lipinski definition) is 3. The molecule has 26 heavy (non-hydrogen) atoms. The van der Waals surface area contributed by atoms with E-state index in [2.05, 4.69) is 19.2 Å². The molecule has 5 atom stereocenters. The van der Waals surface area contributed by atoms with Gasteiger partial charge in [0.05, 0.1) is 5.41 Å². The molecule has 0 heterocycles. The van der Waals surface area contributed by atoms with E-state index in [0.717, 1.165) is 44.9 Å². The molecule has 5 aliphatic rings. The van der Waals surface area contributed by atoms with Gasteiger partial charge in [-0.1, -0.05) is 26.7 Å². The topological polar surface area (TPSA) is 55.4 Å². The Morgan fingerprint density at radius 3 is 2.46 bits per heavy atom. The molecule has 5 fully saturated rings. The van der Waals surface area contributed by atoms with Gasteiger partial charge in [0.15, 0.2) is 6.61 Å². The van der Waals surface area contributed by atoms with Crippen LogP contribution >= 0.6 is 11.6 Å². The van der Waals surface area contributed by atoms with Gasteiger partial charge in [-0.3, -0.25) is 9.59 Å². The molecule has 5 rings (SSSR count). The average molecular weight is 382 g/mol. The Morgan fingerprint density at radius 1 is 1.12 bits per heavy atom. The first-order valence-corrected chi connectivity index (χ1v) is 10.8. The van der Waals surface area contributed by atoms with Crippen LogP contribution in [0.1, 0.15) is 71.6 Å². The van der Waals surface area contributed by atoms with Crippen molar-refractivity contribution in [2.24, 2.45) is 29.1 Å². The number of hydrogen-bond donors (Lipinski definition) is 1. The van der Waals surface area contributed by atoms with Crippen molar-refractivity contribution in [1.29, 1.82) is 0 Å². The molecule has 0 saturated heterocycles. The van der Waals surface area contributed by atoms with Crippen LogP contribution in [0.3, 0.4) is 0 Å². The molecule has 0 aromatic rings. The lowest BCUT2D eigenvalue weighted by molar-refractivity contribution is -0.172. The molecule has 5 saturated carbocycles. The van der Waals surface area contributed by atoms with Crippen LogP contribution in [-0.4, -0.2) is 29.4 Å². The number of esters is 1. The molecule has 1 N–H and O–H groups in total. The Labute approximate surface area is 161 Å². The predicted octanol–water partition coefficient (Wildman–Crippen LogP) is 4.05. The number of ether oxygens (including phenoxy) is 1. The van der Waals surface area contributed by atoms with Crippen LogP contribution in [0.15, 0.2) is 0 Å². The zero-order valence-corrected chi connectivity index (χ0v) is 16.8. The number of rotatable bonds is 4. The van der Waals surface area contributed by atoms with E-state index in [1.54, 1.807) is 0 Å². The fraction of sp³-hybridized carbons (Fsp3) is 0.905. The van der Waals surface area contributed by atoms with Gasteiger partial charge in [-0.05, 0) is 68.6 Å². The quantitative estimate of drug-likeness (QED) is 0.590. The first-order chi connectivity index (χ1) is 12.3. The van der Waals surface area contributed by atoms with Crippen LogP contribution in [0.5, 0.6) is 0 Å². The fourth-order valence-corrected chi connectivity index (χ4v) is 7.40. The normalized spacial score (nSPS) is 46.8. The highest BCUT2D eigenvalue weighted by Crippen LogP contribution is 2.64. The number of amides is 1. The van der Waals surface area contributed by atoms with Gasteiger partial charge >= 0.3 is 5.97 Å². The van der Waals surface area contributed by atoms with Crippen LogP contribution in [0.2, 0.25) is 0 Å². The predicted molar refractivity (Wildman–Crippen MR) is 101 cm³/mol. The monoisotopic (exact) mass is 381 g/mol. The molecule has 1 amide bonds. The summed E-state index contributed by atoms with van der Waals surface area (Å²) in [6.07, 6.45) is 9.22. The van der Waals surface area contributed by atoms with Gasteiger partial charge in [0.1, 0.15) is 0 Å². The number of carbonyl (C=O) groups is 2. The fourth-order valence-electron chi connectivity index (χ4n) is 6.71. The van der Waals surface area contributed by atoms with Gasteiger partial charge in [0, 0.05) is 10.9 Å². The lowest BCUT2D eigenvalue weighted by atomic mass is 9.49. The van der Waals surface area contributed by atoms with E-state index < -0.39 is 5.41 Å². The van der Waals surface area contributed by atoms with Crippen molar-refractivity contribution in [3.8, 4) is 0 Å². The van der Waals surface area contributed by atoms with E-state index in [4.69, 9.17) is 16.3 Å². The minimum Gasteiger partial charge on any atom is -0.455 e. The molecule has 5 aliphatic carbocycles. The summed E-state index contributed by atoms with van der Waals surface area (Å²) >= 11 is 6.80. The second kappa shape index (κ2) is 6.68. The van der Waals surface area contributed by atoms with Crippen molar-refractivity contribution in [1.82, 2.24) is 5.32 Å². The molecule has 0 aliphatic heterocycles. The van der Waals surface area contributed by atoms with Gasteiger partial charge in [-0.2, -0.15) is 0 Å². The summed E-state index contributed by atoms with van der Waals surface area (Å²) in [4.78, 5) is 25.0. The molecule has 0 spiro atoms. The van der Waals surface area contributed by atoms with Gasteiger partial charge < -0.3 is 10.1 Å². The maximum atomic E-state index is 12.9. The maximum Gasteiger partial charge on any atom is 0.312 e. The van der Waals surface area contributed by atoms with Gasteiger partial charge in [0.2, 0.25) is 0 Å². The molecule has 5 heteroatoms. The van der Waals surface area contributed by atoms with Crippen LogP contribution in [0.25, 0.3) is 0 Å². The molecule has 4 nitrogen and oxygen atoms in total. The standard InChI is InChI=1S/C21H32ClNO3/c1-13-4-3-5-17(14(13)2)23-18(24)11-26-19(25)20-7-15-6-16(8-20)10-21(22,9-15)12-20/h13-17H,3-12H2,1-2H3,(H,23,24)/t13-,14+,15-,16-,17+,20?,21?/m1/s1. The molecule has 0 aromatic carbocycles. The molecule has 146 valence electrons. The highest BCUT2D eigenvalue weighted by molar-refractivity contribution is 6.24. The average Bonchev–Trinajstić information content (AvgIpc) is 2.54. The summed E-state index contributed by atoms with van der Waals surface area (Å²) in [5.74, 6) is 1.87. The third kappa shape index (κ3) is 3.39. The van der Waals surface area contributed by atoms with E-state index in [0.29, 0.717) is 23.7 Å². The maximum absolute atomic E-state index is 12.9. The highest BCUT2D eigenvalue weighted by Gasteiger charge is 2.60. The second-order valence-electron chi connectivity index (χ2n) is 9.91. The lowest BCUT2D eigenvalue weighted by Gasteiger charge is -2.58. The Kier molecular flexibility index (Phi) is 4.78. The third-order valence-electron chi connectivity index (χ3n) is 7.81. The SMILES string of the molecule is C[C@H]1[C@H](C)CCC[C@@H]1NC(=O)COC(=O)C12C[C@H]3C[C@@H](CC(Cl)(C3)C1)C2. The molecule has 0 unspecified atom stereocenters. The van der Waals surface area contributed by atoms with Crippen molar-refractivity contribution in [2.45, 2.75) is 82.6 Å². The van der Waals surface area contributed by atoms with Crippen molar-refractivity contribution >= 4 is 23.5 Å². The summed E-state index contributed by atoms with van der Waals surface area (Å²) in [5, 5.41) is 3.09. The van der Waals surface area contributed by atoms with E-state index in [1.807, 2.05) is 0 Å². The van der Waals surface area contributed by atoms with Gasteiger partial charge in [0.25, 0.3) is 5.91 Å². The third-order valence-corrected chi connectivity index (χ3v) is 8.25. The zero-order valence-electron chi connectivity index (χ0n) is 16.1. The van der Waals surface area contributed by atoms with E-state index >= 15 is 0 Å². The largest absolute Gasteiger partial charge is 0.455 e. The number of carbonyl (C=O) groups excluding carboxylic acids is 2. The smallest absolute Gasteiger partial charge is 0.312 e. The van der Waals surface area contributed by atoms with Crippen LogP contribution in [-0.2, 0) is 14.3 Å². The highest BCUT2D eigenvalue weighted by atomic mass is 35.5. The van der Waals surface area contributed by atoms with Crippen LogP contribution < -0.4 is 5.32 Å². The molecule has 4 bridgehead atoms. The van der Waals surface area contributed by atoms with Gasteiger partial charge in [-0.15, -0.1) is 11.6 Å². The van der Waals surface area contributed by atoms with E-state index in [-0.39, 0.29) is 29.4 Å². The first kappa shape index (κ1) is 18.6. The molecule has 0 radical (unpaired) electrons. The number of nitrogens with one attached hydrogen (secondary N) is 1. The Bertz CT molecular complexity index is 578. The van der Waals surface area contributed by atoms with Crippen molar-refractivity contribution in [3.05, 3.63) is 0 Å². The van der Waals surface area contributed by atoms with Crippen LogP contribution in [0.4, 0.5) is 0 Å². The molecule has 0 aromatic heterocycles. The summed E-state index contributed by atoms with van der Waals surface area (Å²) in [6.45, 7) is 4.30. The number of alkyl halides is 1. The summed E-state index contributed by atoms with van der Waals surface area (Å²) < 4.78 is 5.53. The Balaban J connectivity index is 1.32. The van der Waals surface area contributed by atoms with Crippen LogP contribution in [0, 0.1) is 29.1 Å². The Hall–Kier alpha value is -0.770. The van der Waals surface area contributed by atoms with E-state index in [9.17, 15) is 9.59 Å². The van der Waals surface area contributed by atoms with Gasteiger partial charge in [-0.25, -0.2) is 0 Å². The Morgan fingerprint density at radius 2 is 1.81 bits per heavy atom. The van der Waals surface area contributed by atoms with Crippen molar-refractivity contribution in [2.75, 3.05) is 6.61 Å². The first-order valence-electron chi connectivity index (χ1n) is 10.4. The van der Waals surface area contributed by atoms with E-state index in [1.165, 1.54) is 12.8 Å². The number of halogens is 1. The minimum atomic E-state index is -0.432. The van der Waals surface area contributed by atoms with Crippen molar-refractivity contribution < 1.29 is 14.3 Å². The lowest BCUT2D eigenvalue weighted by Crippen LogP contribution is -2.56. The minimum absolute atomic E-state index is 0.150. The summed E-state index contributed by atoms with van der Waals surface area (Å²) in [6, 6.07) is 0.204. The zero-order chi connectivity index (χ0) is 18.5. The molecular formula is C21H32ClNO3.